The van der Waals surface area contributed by atoms with Crippen LogP contribution in [0.3, 0.4) is 0 Å². The molecule has 0 aliphatic rings. The molecule has 0 aliphatic heterocycles. The Kier molecular flexibility index (Phi) is 3.55. The molecule has 0 fully saturated rings. The lowest BCUT2D eigenvalue weighted by Gasteiger charge is -2.09. The second-order valence-electron chi connectivity index (χ2n) is 3.53. The van der Waals surface area contributed by atoms with E-state index in [9.17, 15) is 4.39 Å². The Morgan fingerprint density at radius 1 is 1.24 bits per heavy atom. The maximum Gasteiger partial charge on any atom is 0.212 e. The smallest absolute Gasteiger partial charge is 0.212 e. The first kappa shape index (κ1) is 11.4. The van der Waals surface area contributed by atoms with Crippen molar-refractivity contribution in [1.82, 2.24) is 4.98 Å². The number of nitrogens with zero attached hydrogens (tertiary/aromatic N) is 1. The van der Waals surface area contributed by atoms with Crippen LogP contribution in [0.2, 0.25) is 0 Å². The summed E-state index contributed by atoms with van der Waals surface area (Å²) in [6, 6.07) is 10.7. The molecular weight excluding hydrogens is 219 g/mol. The van der Waals surface area contributed by atoms with Crippen molar-refractivity contribution >= 4 is 5.69 Å². The van der Waals surface area contributed by atoms with Gasteiger partial charge < -0.3 is 10.1 Å². The van der Waals surface area contributed by atoms with Crippen molar-refractivity contribution in [3.05, 3.63) is 54.1 Å². The van der Waals surface area contributed by atoms with E-state index in [1.165, 1.54) is 12.3 Å². The lowest BCUT2D eigenvalue weighted by atomic mass is 10.2. The Morgan fingerprint density at radius 2 is 2.06 bits per heavy atom. The molecule has 17 heavy (non-hydrogen) atoms. The first-order valence-corrected chi connectivity index (χ1v) is 5.27. The van der Waals surface area contributed by atoms with Gasteiger partial charge in [-0.1, -0.05) is 18.2 Å². The normalized spacial score (nSPS) is 10.0. The maximum absolute atomic E-state index is 12.6. The first-order valence-electron chi connectivity index (χ1n) is 5.27. The van der Waals surface area contributed by atoms with E-state index in [0.717, 1.165) is 17.0 Å². The topological polar surface area (TPSA) is 34.1 Å². The van der Waals surface area contributed by atoms with Crippen LogP contribution >= 0.6 is 0 Å². The predicted molar refractivity (Wildman–Crippen MR) is 64.5 cm³/mol. The van der Waals surface area contributed by atoms with Crippen molar-refractivity contribution in [1.29, 1.82) is 0 Å². The van der Waals surface area contributed by atoms with Gasteiger partial charge in [0.2, 0.25) is 5.95 Å². The van der Waals surface area contributed by atoms with Gasteiger partial charge in [-0.15, -0.1) is 0 Å². The Bertz CT molecular complexity index is 485. The van der Waals surface area contributed by atoms with Crippen LogP contribution in [0.4, 0.5) is 10.1 Å². The van der Waals surface area contributed by atoms with Crippen LogP contribution in [-0.4, -0.2) is 12.1 Å². The molecule has 1 N–H and O–H groups in total. The zero-order chi connectivity index (χ0) is 12.1. The van der Waals surface area contributed by atoms with Crippen LogP contribution in [0.15, 0.2) is 42.6 Å². The Balaban J connectivity index is 2.04. The zero-order valence-electron chi connectivity index (χ0n) is 9.48. The summed E-state index contributed by atoms with van der Waals surface area (Å²) in [5.41, 5.74) is 1.82. The molecule has 1 aromatic heterocycles. The molecule has 1 heterocycles. The number of halogens is 1. The third-order valence-electron chi connectivity index (χ3n) is 2.40. The number of ether oxygens (including phenoxy) is 1. The average Bonchev–Trinajstić information content (AvgIpc) is 2.38. The van der Waals surface area contributed by atoms with E-state index >= 15 is 0 Å². The van der Waals surface area contributed by atoms with Gasteiger partial charge in [0.25, 0.3) is 0 Å². The van der Waals surface area contributed by atoms with Gasteiger partial charge in [0.05, 0.1) is 19.0 Å². The minimum atomic E-state index is -0.479. The summed E-state index contributed by atoms with van der Waals surface area (Å²) in [5, 5.41) is 3.15. The minimum Gasteiger partial charge on any atom is -0.496 e. The summed E-state index contributed by atoms with van der Waals surface area (Å²) < 4.78 is 17.8. The summed E-state index contributed by atoms with van der Waals surface area (Å²) in [7, 11) is 1.64. The fourth-order valence-electron chi connectivity index (χ4n) is 1.53. The average molecular weight is 232 g/mol. The van der Waals surface area contributed by atoms with Gasteiger partial charge in [-0.05, 0) is 18.2 Å². The monoisotopic (exact) mass is 232 g/mol. The van der Waals surface area contributed by atoms with Crippen molar-refractivity contribution in [2.75, 3.05) is 12.4 Å². The highest BCUT2D eigenvalue weighted by Gasteiger charge is 2.01. The van der Waals surface area contributed by atoms with Gasteiger partial charge in [0, 0.05) is 12.1 Å². The summed E-state index contributed by atoms with van der Waals surface area (Å²) >= 11 is 0. The summed E-state index contributed by atoms with van der Waals surface area (Å²) in [4.78, 5) is 3.57. The molecule has 2 rings (SSSR count). The van der Waals surface area contributed by atoms with E-state index in [1.807, 2.05) is 24.3 Å². The number of nitrogens with one attached hydrogen (secondary N) is 1. The van der Waals surface area contributed by atoms with Crippen LogP contribution in [0.5, 0.6) is 5.75 Å². The number of aromatic nitrogens is 1. The van der Waals surface area contributed by atoms with E-state index in [1.54, 1.807) is 13.2 Å². The third kappa shape index (κ3) is 2.93. The molecule has 2 aromatic rings. The second kappa shape index (κ2) is 5.30. The number of hydrogen-bond acceptors (Lipinski definition) is 3. The molecule has 0 bridgehead atoms. The summed E-state index contributed by atoms with van der Waals surface area (Å²) in [6.07, 6.45) is 1.46. The van der Waals surface area contributed by atoms with E-state index in [-0.39, 0.29) is 0 Å². The van der Waals surface area contributed by atoms with Gasteiger partial charge in [-0.25, -0.2) is 4.98 Å². The Morgan fingerprint density at radius 3 is 2.76 bits per heavy atom. The van der Waals surface area contributed by atoms with Gasteiger partial charge in [0.15, 0.2) is 0 Å². The maximum atomic E-state index is 12.6. The number of methoxy groups -OCH3 is 1. The molecule has 0 aliphatic carbocycles. The third-order valence-corrected chi connectivity index (χ3v) is 2.40. The van der Waals surface area contributed by atoms with Crippen molar-refractivity contribution in [2.24, 2.45) is 0 Å². The molecule has 0 radical (unpaired) electrons. The minimum absolute atomic E-state index is 0.479. The summed E-state index contributed by atoms with van der Waals surface area (Å²) in [5.74, 6) is 0.350. The molecule has 0 amide bonds. The SMILES string of the molecule is COc1ccccc1CNc1ccc(F)nc1. The van der Waals surface area contributed by atoms with Crippen LogP contribution in [0.1, 0.15) is 5.56 Å². The van der Waals surface area contributed by atoms with Crippen molar-refractivity contribution in [3.63, 3.8) is 0 Å². The van der Waals surface area contributed by atoms with Crippen molar-refractivity contribution < 1.29 is 9.13 Å². The quantitative estimate of drug-likeness (QED) is 0.823. The van der Waals surface area contributed by atoms with E-state index < -0.39 is 5.95 Å². The Hall–Kier alpha value is -2.10. The van der Waals surface area contributed by atoms with Crippen LogP contribution in [-0.2, 0) is 6.54 Å². The fourth-order valence-corrected chi connectivity index (χ4v) is 1.53. The molecule has 3 nitrogen and oxygen atoms in total. The van der Waals surface area contributed by atoms with Gasteiger partial charge >= 0.3 is 0 Å². The fraction of sp³-hybridized carbons (Fsp3) is 0.154. The first-order chi connectivity index (χ1) is 8.29. The number of anilines is 1. The van der Waals surface area contributed by atoms with Gasteiger partial charge in [-0.2, -0.15) is 4.39 Å². The van der Waals surface area contributed by atoms with E-state index in [0.29, 0.717) is 6.54 Å². The van der Waals surface area contributed by atoms with Crippen LogP contribution < -0.4 is 10.1 Å². The number of pyridine rings is 1. The lowest BCUT2D eigenvalue weighted by molar-refractivity contribution is 0.410. The zero-order valence-corrected chi connectivity index (χ0v) is 9.48. The highest BCUT2D eigenvalue weighted by molar-refractivity contribution is 5.43. The predicted octanol–water partition coefficient (Wildman–Crippen LogP) is 2.84. The molecule has 0 spiro atoms. The second-order valence-corrected chi connectivity index (χ2v) is 3.53. The summed E-state index contributed by atoms with van der Waals surface area (Å²) in [6.45, 7) is 0.608. The number of para-hydroxylation sites is 1. The number of hydrogen-bond donors (Lipinski definition) is 1. The molecule has 4 heteroatoms. The molecule has 0 saturated carbocycles. The molecule has 1 aromatic carbocycles. The molecule has 0 atom stereocenters. The van der Waals surface area contributed by atoms with Crippen molar-refractivity contribution in [2.45, 2.75) is 6.54 Å². The molecule has 88 valence electrons. The van der Waals surface area contributed by atoms with Gasteiger partial charge in [-0.3, -0.25) is 0 Å². The van der Waals surface area contributed by atoms with Crippen molar-refractivity contribution in [3.8, 4) is 5.75 Å². The molecular formula is C13H13FN2O. The number of rotatable bonds is 4. The molecule has 0 saturated heterocycles. The Labute approximate surface area is 99.3 Å². The highest BCUT2D eigenvalue weighted by Crippen LogP contribution is 2.18. The van der Waals surface area contributed by atoms with E-state index in [4.69, 9.17) is 4.74 Å². The van der Waals surface area contributed by atoms with Crippen LogP contribution in [0, 0.1) is 5.95 Å². The lowest BCUT2D eigenvalue weighted by Crippen LogP contribution is -2.02. The van der Waals surface area contributed by atoms with Gasteiger partial charge in [0.1, 0.15) is 5.75 Å². The van der Waals surface area contributed by atoms with E-state index in [2.05, 4.69) is 10.3 Å². The standard InChI is InChI=1S/C13H13FN2O/c1-17-12-5-3-2-4-10(12)8-15-11-6-7-13(14)16-9-11/h2-7,9,15H,8H2,1H3. The highest BCUT2D eigenvalue weighted by atomic mass is 19.1. The largest absolute Gasteiger partial charge is 0.496 e. The van der Waals surface area contributed by atoms with Crippen LogP contribution in [0.25, 0.3) is 0 Å². The number of benzene rings is 1. The molecule has 0 unspecified atom stereocenters.